The lowest BCUT2D eigenvalue weighted by atomic mass is 10.1. The highest BCUT2D eigenvalue weighted by atomic mass is 79.9. The Labute approximate surface area is 180 Å². The molecular formula is C22H26BrN3O3. The van der Waals surface area contributed by atoms with Crippen LogP contribution in [0.15, 0.2) is 53.0 Å². The highest BCUT2D eigenvalue weighted by Gasteiger charge is 2.21. The molecule has 0 bridgehead atoms. The van der Waals surface area contributed by atoms with E-state index in [2.05, 4.69) is 21.2 Å². The van der Waals surface area contributed by atoms with Crippen molar-refractivity contribution in [3.63, 3.8) is 0 Å². The quantitative estimate of drug-likeness (QED) is 0.691. The van der Waals surface area contributed by atoms with Gasteiger partial charge in [-0.1, -0.05) is 28.1 Å². The predicted molar refractivity (Wildman–Crippen MR) is 116 cm³/mol. The van der Waals surface area contributed by atoms with Crippen LogP contribution in [0, 0.1) is 0 Å². The second kappa shape index (κ2) is 10.4. The number of nitrogens with one attached hydrogen (secondary N) is 1. The maximum absolute atomic E-state index is 13.1. The van der Waals surface area contributed by atoms with Crippen molar-refractivity contribution in [1.82, 2.24) is 15.1 Å². The normalized spacial score (nSPS) is 13.8. The zero-order valence-electron chi connectivity index (χ0n) is 16.6. The van der Waals surface area contributed by atoms with Crippen LogP contribution in [0.3, 0.4) is 0 Å². The van der Waals surface area contributed by atoms with E-state index in [0.717, 1.165) is 42.0 Å². The van der Waals surface area contributed by atoms with Gasteiger partial charge in [-0.15, -0.1) is 0 Å². The summed E-state index contributed by atoms with van der Waals surface area (Å²) in [7, 11) is 1.62. The molecule has 0 saturated carbocycles. The van der Waals surface area contributed by atoms with E-state index < -0.39 is 0 Å². The Morgan fingerprint density at radius 2 is 1.86 bits per heavy atom. The molecule has 3 rings (SSSR count). The third-order valence-corrected chi connectivity index (χ3v) is 5.48. The van der Waals surface area contributed by atoms with Gasteiger partial charge in [0.05, 0.1) is 7.11 Å². The van der Waals surface area contributed by atoms with Gasteiger partial charge in [0.1, 0.15) is 5.75 Å². The van der Waals surface area contributed by atoms with Crippen LogP contribution < -0.4 is 10.1 Å². The average molecular weight is 460 g/mol. The Balaban J connectivity index is 1.73. The number of rotatable bonds is 7. The number of hydrogen-bond acceptors (Lipinski definition) is 4. The molecule has 1 saturated heterocycles. The number of nitrogens with zero attached hydrogens (tertiary/aromatic N) is 2. The molecule has 6 nitrogen and oxygen atoms in total. The van der Waals surface area contributed by atoms with Gasteiger partial charge in [0.25, 0.3) is 5.91 Å². The highest BCUT2D eigenvalue weighted by Crippen LogP contribution is 2.18. The van der Waals surface area contributed by atoms with E-state index in [1.807, 2.05) is 41.3 Å². The summed E-state index contributed by atoms with van der Waals surface area (Å²) in [4.78, 5) is 29.3. The SMILES string of the molecule is COc1cccc(CN(CCC(=O)N2CCNCC2)C(=O)c2ccc(Br)cc2)c1. The van der Waals surface area contributed by atoms with Crippen molar-refractivity contribution in [1.29, 1.82) is 0 Å². The molecule has 1 heterocycles. The maximum Gasteiger partial charge on any atom is 0.254 e. The first-order chi connectivity index (χ1) is 14.1. The number of halogens is 1. The minimum atomic E-state index is -0.0894. The monoisotopic (exact) mass is 459 g/mol. The summed E-state index contributed by atoms with van der Waals surface area (Å²) in [5.74, 6) is 0.745. The third-order valence-electron chi connectivity index (χ3n) is 4.95. The molecular weight excluding hydrogens is 434 g/mol. The standard InChI is InChI=1S/C22H26BrN3O3/c1-29-20-4-2-3-17(15-20)16-26(22(28)18-5-7-19(23)8-6-18)12-9-21(27)25-13-10-24-11-14-25/h2-8,15,24H,9-14,16H2,1H3. The molecule has 0 aliphatic carbocycles. The lowest BCUT2D eigenvalue weighted by Gasteiger charge is -2.29. The molecule has 0 radical (unpaired) electrons. The van der Waals surface area contributed by atoms with E-state index in [-0.39, 0.29) is 11.8 Å². The van der Waals surface area contributed by atoms with Crippen LogP contribution >= 0.6 is 15.9 Å². The van der Waals surface area contributed by atoms with Crippen molar-refractivity contribution in [2.24, 2.45) is 0 Å². The van der Waals surface area contributed by atoms with E-state index in [4.69, 9.17) is 4.74 Å². The molecule has 154 valence electrons. The summed E-state index contributed by atoms with van der Waals surface area (Å²) in [6.07, 6.45) is 0.312. The molecule has 2 aromatic rings. The number of piperazine rings is 1. The van der Waals surface area contributed by atoms with Gasteiger partial charge in [0, 0.05) is 55.7 Å². The van der Waals surface area contributed by atoms with Crippen LogP contribution in [0.4, 0.5) is 0 Å². The maximum atomic E-state index is 13.1. The Hall–Kier alpha value is -2.38. The number of carbonyl (C=O) groups is 2. The summed E-state index contributed by atoms with van der Waals surface area (Å²) in [6, 6.07) is 14.9. The third kappa shape index (κ3) is 6.05. The lowest BCUT2D eigenvalue weighted by Crippen LogP contribution is -2.47. The van der Waals surface area contributed by atoms with Crippen molar-refractivity contribution in [2.45, 2.75) is 13.0 Å². The molecule has 2 aromatic carbocycles. The molecule has 0 atom stereocenters. The summed E-state index contributed by atoms with van der Waals surface area (Å²) >= 11 is 3.40. The zero-order valence-corrected chi connectivity index (χ0v) is 18.2. The van der Waals surface area contributed by atoms with Gasteiger partial charge in [0.2, 0.25) is 5.91 Å². The molecule has 2 amide bonds. The number of ether oxygens (including phenoxy) is 1. The van der Waals surface area contributed by atoms with Crippen LogP contribution in [0.1, 0.15) is 22.3 Å². The first kappa shape index (κ1) is 21.3. The molecule has 1 aliphatic heterocycles. The molecule has 0 aromatic heterocycles. The van der Waals surface area contributed by atoms with Crippen molar-refractivity contribution >= 4 is 27.7 Å². The number of hydrogen-bond donors (Lipinski definition) is 1. The summed E-state index contributed by atoms with van der Waals surface area (Å²) in [5.41, 5.74) is 1.56. The summed E-state index contributed by atoms with van der Waals surface area (Å²) in [5, 5.41) is 3.25. The highest BCUT2D eigenvalue weighted by molar-refractivity contribution is 9.10. The fourth-order valence-electron chi connectivity index (χ4n) is 3.32. The molecule has 7 heteroatoms. The fourth-order valence-corrected chi connectivity index (χ4v) is 3.59. The van der Waals surface area contributed by atoms with Crippen molar-refractivity contribution in [3.05, 3.63) is 64.1 Å². The molecule has 1 fully saturated rings. The van der Waals surface area contributed by atoms with Crippen LogP contribution in [0.5, 0.6) is 5.75 Å². The zero-order chi connectivity index (χ0) is 20.6. The van der Waals surface area contributed by atoms with Gasteiger partial charge in [-0.2, -0.15) is 0 Å². The molecule has 1 aliphatic rings. The summed E-state index contributed by atoms with van der Waals surface area (Å²) in [6.45, 7) is 3.86. The van der Waals surface area contributed by atoms with Gasteiger partial charge in [-0.05, 0) is 42.0 Å². The van der Waals surface area contributed by atoms with E-state index in [1.54, 1.807) is 24.1 Å². The van der Waals surface area contributed by atoms with Crippen molar-refractivity contribution < 1.29 is 14.3 Å². The van der Waals surface area contributed by atoms with E-state index in [9.17, 15) is 9.59 Å². The molecule has 29 heavy (non-hydrogen) atoms. The number of amides is 2. The molecule has 0 spiro atoms. The van der Waals surface area contributed by atoms with Gasteiger partial charge >= 0.3 is 0 Å². The minimum absolute atomic E-state index is 0.0887. The van der Waals surface area contributed by atoms with Gasteiger partial charge < -0.3 is 19.9 Å². The smallest absolute Gasteiger partial charge is 0.254 e. The molecule has 1 N–H and O–H groups in total. The minimum Gasteiger partial charge on any atom is -0.497 e. The van der Waals surface area contributed by atoms with Crippen LogP contribution in [-0.4, -0.2) is 61.4 Å². The summed E-state index contributed by atoms with van der Waals surface area (Å²) < 4.78 is 6.22. The van der Waals surface area contributed by atoms with Crippen LogP contribution in [-0.2, 0) is 11.3 Å². The van der Waals surface area contributed by atoms with Gasteiger partial charge in [-0.3, -0.25) is 9.59 Å². The number of benzene rings is 2. The van der Waals surface area contributed by atoms with E-state index in [1.165, 1.54) is 0 Å². The number of carbonyl (C=O) groups excluding carboxylic acids is 2. The predicted octanol–water partition coefficient (Wildman–Crippen LogP) is 2.92. The van der Waals surface area contributed by atoms with Crippen LogP contribution in [0.25, 0.3) is 0 Å². The van der Waals surface area contributed by atoms with E-state index in [0.29, 0.717) is 25.1 Å². The van der Waals surface area contributed by atoms with E-state index >= 15 is 0 Å². The van der Waals surface area contributed by atoms with Crippen LogP contribution in [0.2, 0.25) is 0 Å². The second-order valence-electron chi connectivity index (χ2n) is 6.97. The van der Waals surface area contributed by atoms with Crippen molar-refractivity contribution in [2.75, 3.05) is 39.8 Å². The Kier molecular flexibility index (Phi) is 7.66. The first-order valence-electron chi connectivity index (χ1n) is 9.73. The Morgan fingerprint density at radius 3 is 2.55 bits per heavy atom. The Bertz CT molecular complexity index is 835. The largest absolute Gasteiger partial charge is 0.497 e. The lowest BCUT2D eigenvalue weighted by molar-refractivity contribution is -0.132. The van der Waals surface area contributed by atoms with Crippen molar-refractivity contribution in [3.8, 4) is 5.75 Å². The fraction of sp³-hybridized carbons (Fsp3) is 0.364. The second-order valence-corrected chi connectivity index (χ2v) is 7.88. The number of methoxy groups -OCH3 is 1. The Morgan fingerprint density at radius 1 is 1.14 bits per heavy atom. The van der Waals surface area contributed by atoms with Gasteiger partial charge in [0.15, 0.2) is 0 Å². The van der Waals surface area contributed by atoms with Gasteiger partial charge in [-0.25, -0.2) is 0 Å². The average Bonchev–Trinajstić information content (AvgIpc) is 2.77. The first-order valence-corrected chi connectivity index (χ1v) is 10.5. The molecule has 0 unspecified atom stereocenters. The topological polar surface area (TPSA) is 61.9 Å².